The number of aromatic nitrogens is 2. The lowest BCUT2D eigenvalue weighted by Gasteiger charge is -2.43. The van der Waals surface area contributed by atoms with Crippen LogP contribution in [0, 0.1) is 19.8 Å². The molecule has 4 rings (SSSR count). The Balaban J connectivity index is 1.50. The Morgan fingerprint density at radius 3 is 1.97 bits per heavy atom. The Morgan fingerprint density at radius 2 is 1.52 bits per heavy atom. The molecular formula is C27H34N4OS. The van der Waals surface area contributed by atoms with Crippen molar-refractivity contribution in [1.82, 2.24) is 14.7 Å². The van der Waals surface area contributed by atoms with Gasteiger partial charge >= 0.3 is 0 Å². The van der Waals surface area contributed by atoms with Gasteiger partial charge in [0.1, 0.15) is 5.60 Å². The summed E-state index contributed by atoms with van der Waals surface area (Å²) >= 11 is 5.78. The second kappa shape index (κ2) is 9.65. The minimum atomic E-state index is -1.02. The standard InChI is InChI=1S/C27H34N4OS/c1-19(2)31-21(4)25(20(3)29-31)28-26(33)30-17-15-24(16-18-30)27(32,22-11-7-5-8-12-22)23-13-9-6-10-14-23/h5-14,19,24,32H,15-18H2,1-4H3,(H,28,33). The molecule has 0 aliphatic carbocycles. The molecule has 1 fully saturated rings. The van der Waals surface area contributed by atoms with Crippen molar-refractivity contribution in [2.24, 2.45) is 5.92 Å². The van der Waals surface area contributed by atoms with E-state index >= 15 is 0 Å². The topological polar surface area (TPSA) is 53.3 Å². The monoisotopic (exact) mass is 462 g/mol. The number of nitrogens with zero attached hydrogens (tertiary/aromatic N) is 3. The van der Waals surface area contributed by atoms with Crippen LogP contribution >= 0.6 is 12.2 Å². The van der Waals surface area contributed by atoms with Gasteiger partial charge in [-0.15, -0.1) is 0 Å². The SMILES string of the molecule is Cc1nn(C(C)C)c(C)c1NC(=S)N1CCC(C(O)(c2ccccc2)c2ccccc2)CC1. The molecule has 1 aliphatic heterocycles. The Hall–Kier alpha value is -2.70. The fraction of sp³-hybridized carbons (Fsp3) is 0.407. The smallest absolute Gasteiger partial charge is 0.173 e. The molecule has 0 spiro atoms. The van der Waals surface area contributed by atoms with Crippen molar-refractivity contribution in [3.63, 3.8) is 0 Å². The molecule has 0 bridgehead atoms. The molecule has 2 N–H and O–H groups in total. The highest BCUT2D eigenvalue weighted by atomic mass is 32.1. The van der Waals surface area contributed by atoms with E-state index in [2.05, 4.69) is 36.1 Å². The van der Waals surface area contributed by atoms with Gasteiger partial charge in [0.15, 0.2) is 5.11 Å². The highest BCUT2D eigenvalue weighted by Gasteiger charge is 2.41. The predicted molar refractivity (Wildman–Crippen MR) is 138 cm³/mol. The maximum absolute atomic E-state index is 12.1. The number of rotatable bonds is 5. The van der Waals surface area contributed by atoms with Crippen molar-refractivity contribution in [2.45, 2.75) is 52.2 Å². The summed E-state index contributed by atoms with van der Waals surface area (Å²) in [5.74, 6) is 0.105. The molecule has 1 saturated heterocycles. The Morgan fingerprint density at radius 1 is 1.00 bits per heavy atom. The van der Waals surface area contributed by atoms with Crippen LogP contribution in [0.15, 0.2) is 60.7 Å². The Kier molecular flexibility index (Phi) is 6.86. The lowest BCUT2D eigenvalue weighted by Crippen LogP contribution is -2.47. The van der Waals surface area contributed by atoms with Crippen molar-refractivity contribution >= 4 is 23.0 Å². The van der Waals surface area contributed by atoms with Crippen molar-refractivity contribution in [3.8, 4) is 0 Å². The van der Waals surface area contributed by atoms with Crippen molar-refractivity contribution in [1.29, 1.82) is 0 Å². The van der Waals surface area contributed by atoms with Crippen LogP contribution in [-0.2, 0) is 5.60 Å². The van der Waals surface area contributed by atoms with Crippen LogP contribution in [0.5, 0.6) is 0 Å². The average Bonchev–Trinajstić information content (AvgIpc) is 3.13. The summed E-state index contributed by atoms with van der Waals surface area (Å²) in [5.41, 5.74) is 3.93. The number of benzene rings is 2. The van der Waals surface area contributed by atoms with Gasteiger partial charge in [-0.2, -0.15) is 5.10 Å². The molecule has 33 heavy (non-hydrogen) atoms. The van der Waals surface area contributed by atoms with Crippen molar-refractivity contribution in [2.75, 3.05) is 18.4 Å². The van der Waals surface area contributed by atoms with E-state index in [0.29, 0.717) is 6.04 Å². The zero-order valence-corrected chi connectivity index (χ0v) is 20.8. The van der Waals surface area contributed by atoms with Crippen molar-refractivity contribution in [3.05, 3.63) is 83.2 Å². The Labute approximate surface area is 202 Å². The van der Waals surface area contributed by atoms with Gasteiger partial charge in [-0.25, -0.2) is 0 Å². The summed E-state index contributed by atoms with van der Waals surface area (Å²) in [4.78, 5) is 2.22. The molecule has 1 aromatic heterocycles. The Bertz CT molecular complexity index is 1050. The zero-order valence-electron chi connectivity index (χ0n) is 20.0. The molecule has 0 radical (unpaired) electrons. The summed E-state index contributed by atoms with van der Waals surface area (Å²) in [6.07, 6.45) is 1.71. The third-order valence-electron chi connectivity index (χ3n) is 6.85. The van der Waals surface area contributed by atoms with Gasteiger partial charge in [-0.3, -0.25) is 4.68 Å². The number of hydrogen-bond acceptors (Lipinski definition) is 3. The van der Waals surface area contributed by atoms with Gasteiger partial charge in [-0.05, 0) is 69.8 Å². The molecule has 2 heterocycles. The largest absolute Gasteiger partial charge is 0.380 e. The van der Waals surface area contributed by atoms with Gasteiger partial charge in [0.2, 0.25) is 0 Å². The molecule has 6 heteroatoms. The first-order valence-corrected chi connectivity index (χ1v) is 12.2. The quantitative estimate of drug-likeness (QED) is 0.496. The summed E-state index contributed by atoms with van der Waals surface area (Å²) < 4.78 is 2.03. The van der Waals surface area contributed by atoms with Gasteiger partial charge in [-0.1, -0.05) is 60.7 Å². The van der Waals surface area contributed by atoms with E-state index in [-0.39, 0.29) is 5.92 Å². The number of hydrogen-bond donors (Lipinski definition) is 2. The lowest BCUT2D eigenvalue weighted by molar-refractivity contribution is -0.00631. The highest BCUT2D eigenvalue weighted by Crippen LogP contribution is 2.42. The zero-order chi connectivity index (χ0) is 23.6. The van der Waals surface area contributed by atoms with E-state index in [1.165, 1.54) is 0 Å². The maximum Gasteiger partial charge on any atom is 0.173 e. The van der Waals surface area contributed by atoms with Crippen LogP contribution in [0.4, 0.5) is 5.69 Å². The first-order valence-electron chi connectivity index (χ1n) is 11.8. The average molecular weight is 463 g/mol. The van der Waals surface area contributed by atoms with Crippen LogP contribution in [-0.4, -0.2) is 38.0 Å². The van der Waals surface area contributed by atoms with Gasteiger partial charge < -0.3 is 15.3 Å². The third kappa shape index (κ3) is 4.55. The molecule has 174 valence electrons. The third-order valence-corrected chi connectivity index (χ3v) is 7.21. The summed E-state index contributed by atoms with van der Waals surface area (Å²) in [7, 11) is 0. The number of thiocarbonyl (C=S) groups is 1. The molecule has 0 saturated carbocycles. The number of nitrogens with one attached hydrogen (secondary N) is 1. The molecule has 3 aromatic rings. The molecule has 0 unspecified atom stereocenters. The number of aliphatic hydroxyl groups is 1. The molecular weight excluding hydrogens is 428 g/mol. The molecule has 1 aliphatic rings. The maximum atomic E-state index is 12.1. The highest BCUT2D eigenvalue weighted by molar-refractivity contribution is 7.80. The number of anilines is 1. The van der Waals surface area contributed by atoms with Crippen LogP contribution in [0.3, 0.4) is 0 Å². The van der Waals surface area contributed by atoms with E-state index in [4.69, 9.17) is 12.2 Å². The fourth-order valence-electron chi connectivity index (χ4n) is 5.06. The summed E-state index contributed by atoms with van der Waals surface area (Å²) in [6.45, 7) is 9.96. The molecule has 5 nitrogen and oxygen atoms in total. The van der Waals surface area contributed by atoms with Crippen LogP contribution in [0.25, 0.3) is 0 Å². The van der Waals surface area contributed by atoms with E-state index in [0.717, 1.165) is 59.2 Å². The van der Waals surface area contributed by atoms with Crippen LogP contribution in [0.2, 0.25) is 0 Å². The van der Waals surface area contributed by atoms with E-state index in [1.807, 2.05) is 72.3 Å². The second-order valence-corrected chi connectivity index (χ2v) is 9.66. The lowest BCUT2D eigenvalue weighted by atomic mass is 9.72. The van der Waals surface area contributed by atoms with Crippen LogP contribution in [0.1, 0.15) is 55.2 Å². The summed E-state index contributed by atoms with van der Waals surface area (Å²) in [5, 5.41) is 20.9. The number of aryl methyl sites for hydroxylation is 1. The fourth-order valence-corrected chi connectivity index (χ4v) is 5.34. The molecule has 0 amide bonds. The van der Waals surface area contributed by atoms with E-state index in [1.54, 1.807) is 0 Å². The minimum absolute atomic E-state index is 0.105. The van der Waals surface area contributed by atoms with Crippen molar-refractivity contribution < 1.29 is 5.11 Å². The number of piperidine rings is 1. The van der Waals surface area contributed by atoms with Crippen LogP contribution < -0.4 is 5.32 Å². The molecule has 0 atom stereocenters. The minimum Gasteiger partial charge on any atom is -0.380 e. The predicted octanol–water partition coefficient (Wildman–Crippen LogP) is 5.43. The van der Waals surface area contributed by atoms with E-state index < -0.39 is 5.60 Å². The first kappa shape index (κ1) is 23.5. The van der Waals surface area contributed by atoms with E-state index in [9.17, 15) is 5.11 Å². The van der Waals surface area contributed by atoms with Gasteiger partial charge in [0, 0.05) is 19.1 Å². The van der Waals surface area contributed by atoms with Gasteiger partial charge in [0.25, 0.3) is 0 Å². The molecule has 2 aromatic carbocycles. The summed E-state index contributed by atoms with van der Waals surface area (Å²) in [6, 6.07) is 20.4. The second-order valence-electron chi connectivity index (χ2n) is 9.27. The first-order chi connectivity index (χ1) is 15.8. The normalized spacial score (nSPS) is 15.2. The van der Waals surface area contributed by atoms with Gasteiger partial charge in [0.05, 0.1) is 17.1 Å². The number of likely N-dealkylation sites (tertiary alicyclic amines) is 1.